The van der Waals surface area contributed by atoms with Crippen LogP contribution in [-0.4, -0.2) is 48.0 Å². The number of nitrogens with zero attached hydrogens (tertiary/aromatic N) is 4. The van der Waals surface area contributed by atoms with E-state index in [2.05, 4.69) is 51.3 Å². The smallest absolute Gasteiger partial charge is 0.135 e. The number of anilines is 1. The van der Waals surface area contributed by atoms with E-state index in [-0.39, 0.29) is 0 Å². The Morgan fingerprint density at radius 1 is 1.08 bits per heavy atom. The number of aromatic nitrogens is 2. The van der Waals surface area contributed by atoms with E-state index in [0.717, 1.165) is 43.0 Å². The number of piperazine rings is 1. The summed E-state index contributed by atoms with van der Waals surface area (Å²) in [5, 5.41) is 7.80. The highest BCUT2D eigenvalue weighted by Crippen LogP contribution is 2.23. The van der Waals surface area contributed by atoms with Crippen molar-refractivity contribution >= 4 is 16.7 Å². The van der Waals surface area contributed by atoms with Crippen LogP contribution >= 0.6 is 0 Å². The predicted octanol–water partition coefficient (Wildman–Crippen LogP) is 2.94. The van der Waals surface area contributed by atoms with E-state index in [1.54, 1.807) is 7.11 Å². The second kappa shape index (κ2) is 6.72. The van der Waals surface area contributed by atoms with E-state index < -0.39 is 0 Å². The highest BCUT2D eigenvalue weighted by atomic mass is 16.6. The Balaban J connectivity index is 1.42. The van der Waals surface area contributed by atoms with Crippen molar-refractivity contribution in [3.8, 4) is 5.75 Å². The molecule has 2 heterocycles. The van der Waals surface area contributed by atoms with Gasteiger partial charge >= 0.3 is 0 Å². The molecule has 0 N–H and O–H groups in total. The molecule has 1 saturated heterocycles. The molecule has 6 nitrogen and oxygen atoms in total. The Morgan fingerprint density at radius 3 is 2.64 bits per heavy atom. The number of fused-ring (bicyclic) bond motifs is 1. The zero-order valence-corrected chi connectivity index (χ0v) is 14.6. The Kier molecular flexibility index (Phi) is 4.28. The third-order valence-electron chi connectivity index (χ3n) is 4.91. The van der Waals surface area contributed by atoms with Crippen LogP contribution in [0.4, 0.5) is 5.69 Å². The van der Waals surface area contributed by atoms with Gasteiger partial charge in [0.05, 0.1) is 7.11 Å². The second-order valence-corrected chi connectivity index (χ2v) is 6.55. The zero-order chi connectivity index (χ0) is 17.2. The Hall–Kier alpha value is -2.60. The van der Waals surface area contributed by atoms with E-state index in [0.29, 0.717) is 6.04 Å². The van der Waals surface area contributed by atoms with E-state index >= 15 is 0 Å². The lowest BCUT2D eigenvalue weighted by Gasteiger charge is -2.41. The number of ether oxygens (including phenoxy) is 1. The lowest BCUT2D eigenvalue weighted by molar-refractivity contribution is 0.181. The maximum Gasteiger partial charge on any atom is 0.135 e. The van der Waals surface area contributed by atoms with Gasteiger partial charge in [-0.1, -0.05) is 6.07 Å². The van der Waals surface area contributed by atoms with Gasteiger partial charge in [-0.3, -0.25) is 4.90 Å². The van der Waals surface area contributed by atoms with Gasteiger partial charge < -0.3 is 9.64 Å². The molecule has 0 spiro atoms. The number of hydrogen-bond donors (Lipinski definition) is 0. The van der Waals surface area contributed by atoms with Crippen LogP contribution in [0.2, 0.25) is 0 Å². The highest BCUT2D eigenvalue weighted by molar-refractivity contribution is 5.73. The number of benzene rings is 2. The van der Waals surface area contributed by atoms with Crippen LogP contribution in [0.25, 0.3) is 11.0 Å². The van der Waals surface area contributed by atoms with Crippen molar-refractivity contribution in [1.82, 2.24) is 15.2 Å². The number of rotatable bonds is 4. The molecule has 1 aliphatic heterocycles. The standard InChI is InChI=1S/C19H22N4O2/c1-14-12-23(16-4-6-17(24-2)7-5-16)10-9-22(14)13-15-3-8-18-19(11-15)21-25-20-18/h3-8,11,14H,9-10,12-13H2,1-2H3/t14-/m0/s1. The fourth-order valence-electron chi connectivity index (χ4n) is 3.42. The monoisotopic (exact) mass is 338 g/mol. The minimum atomic E-state index is 0.474. The topological polar surface area (TPSA) is 54.6 Å². The molecular formula is C19H22N4O2. The molecule has 1 aliphatic rings. The molecule has 0 saturated carbocycles. The van der Waals surface area contributed by atoms with Crippen LogP contribution < -0.4 is 9.64 Å². The molecule has 0 amide bonds. The molecule has 2 aromatic carbocycles. The third kappa shape index (κ3) is 3.30. The summed E-state index contributed by atoms with van der Waals surface area (Å²) in [5.74, 6) is 0.896. The minimum absolute atomic E-state index is 0.474. The Labute approximate surface area is 146 Å². The van der Waals surface area contributed by atoms with Crippen molar-refractivity contribution < 1.29 is 9.37 Å². The van der Waals surface area contributed by atoms with Crippen LogP contribution in [0.3, 0.4) is 0 Å². The Morgan fingerprint density at radius 2 is 1.88 bits per heavy atom. The molecule has 1 fully saturated rings. The summed E-state index contributed by atoms with van der Waals surface area (Å²) < 4.78 is 10.0. The summed E-state index contributed by atoms with van der Waals surface area (Å²) in [6, 6.07) is 14.9. The first kappa shape index (κ1) is 15.9. The lowest BCUT2D eigenvalue weighted by Crippen LogP contribution is -2.51. The van der Waals surface area contributed by atoms with E-state index in [4.69, 9.17) is 9.37 Å². The summed E-state index contributed by atoms with van der Waals surface area (Å²) >= 11 is 0. The van der Waals surface area contributed by atoms with Crippen molar-refractivity contribution in [2.24, 2.45) is 0 Å². The van der Waals surface area contributed by atoms with Gasteiger partial charge in [0.25, 0.3) is 0 Å². The van der Waals surface area contributed by atoms with Gasteiger partial charge in [-0.05, 0) is 59.2 Å². The van der Waals surface area contributed by atoms with Crippen LogP contribution in [0.1, 0.15) is 12.5 Å². The molecule has 6 heteroatoms. The molecule has 0 unspecified atom stereocenters. The molecule has 130 valence electrons. The fraction of sp³-hybridized carbons (Fsp3) is 0.368. The molecule has 0 aliphatic carbocycles. The summed E-state index contributed by atoms with van der Waals surface area (Å²) in [7, 11) is 1.70. The molecule has 1 atom stereocenters. The average Bonchev–Trinajstić information content (AvgIpc) is 3.11. The average molecular weight is 338 g/mol. The van der Waals surface area contributed by atoms with Gasteiger partial charge in [0.1, 0.15) is 16.8 Å². The summed E-state index contributed by atoms with van der Waals surface area (Å²) in [4.78, 5) is 4.94. The number of hydrogen-bond acceptors (Lipinski definition) is 6. The first-order chi connectivity index (χ1) is 12.2. The molecule has 25 heavy (non-hydrogen) atoms. The third-order valence-corrected chi connectivity index (χ3v) is 4.91. The highest BCUT2D eigenvalue weighted by Gasteiger charge is 2.24. The first-order valence-corrected chi connectivity index (χ1v) is 8.57. The second-order valence-electron chi connectivity index (χ2n) is 6.55. The van der Waals surface area contributed by atoms with Gasteiger partial charge in [-0.15, -0.1) is 0 Å². The van der Waals surface area contributed by atoms with Crippen molar-refractivity contribution in [1.29, 1.82) is 0 Å². The maximum atomic E-state index is 5.24. The molecule has 3 aromatic rings. The van der Waals surface area contributed by atoms with Crippen LogP contribution in [0.15, 0.2) is 47.1 Å². The van der Waals surface area contributed by atoms with Crippen LogP contribution in [0, 0.1) is 0 Å². The summed E-state index contributed by atoms with van der Waals surface area (Å²) in [6.07, 6.45) is 0. The van der Waals surface area contributed by atoms with Gasteiger partial charge in [-0.25, -0.2) is 4.63 Å². The van der Waals surface area contributed by atoms with E-state index in [1.807, 2.05) is 18.2 Å². The van der Waals surface area contributed by atoms with Crippen LogP contribution in [0.5, 0.6) is 5.75 Å². The normalized spacial score (nSPS) is 18.6. The first-order valence-electron chi connectivity index (χ1n) is 8.57. The fourth-order valence-corrected chi connectivity index (χ4v) is 3.42. The molecular weight excluding hydrogens is 316 g/mol. The SMILES string of the molecule is COc1ccc(N2CCN(Cc3ccc4nonc4c3)[C@@H](C)C2)cc1. The lowest BCUT2D eigenvalue weighted by atomic mass is 10.1. The maximum absolute atomic E-state index is 5.24. The van der Waals surface area contributed by atoms with Gasteiger partial charge in [0, 0.05) is 37.9 Å². The molecule has 1 aromatic heterocycles. The molecule has 0 bridgehead atoms. The Bertz CT molecular complexity index is 846. The van der Waals surface area contributed by atoms with Crippen LogP contribution in [-0.2, 0) is 6.54 Å². The van der Waals surface area contributed by atoms with Gasteiger partial charge in [-0.2, -0.15) is 0 Å². The molecule has 0 radical (unpaired) electrons. The molecule has 4 rings (SSSR count). The van der Waals surface area contributed by atoms with Crippen molar-refractivity contribution in [2.45, 2.75) is 19.5 Å². The largest absolute Gasteiger partial charge is 0.497 e. The summed E-state index contributed by atoms with van der Waals surface area (Å²) in [5.41, 5.74) is 4.12. The zero-order valence-electron chi connectivity index (χ0n) is 14.6. The van der Waals surface area contributed by atoms with Crippen molar-refractivity contribution in [3.05, 3.63) is 48.0 Å². The van der Waals surface area contributed by atoms with E-state index in [9.17, 15) is 0 Å². The van der Waals surface area contributed by atoms with Crippen molar-refractivity contribution in [2.75, 3.05) is 31.6 Å². The summed E-state index contributed by atoms with van der Waals surface area (Å²) in [6.45, 7) is 6.26. The van der Waals surface area contributed by atoms with Crippen molar-refractivity contribution in [3.63, 3.8) is 0 Å². The quantitative estimate of drug-likeness (QED) is 0.729. The van der Waals surface area contributed by atoms with Gasteiger partial charge in [0.15, 0.2) is 0 Å². The van der Waals surface area contributed by atoms with E-state index in [1.165, 1.54) is 11.3 Å². The predicted molar refractivity (Wildman–Crippen MR) is 96.9 cm³/mol. The number of methoxy groups -OCH3 is 1. The van der Waals surface area contributed by atoms with Gasteiger partial charge in [0.2, 0.25) is 0 Å². The minimum Gasteiger partial charge on any atom is -0.497 e.